The molecule has 0 saturated carbocycles. The number of unbranched alkanes of at least 4 members (excludes halogenated alkanes) is 1. The van der Waals surface area contributed by atoms with E-state index in [1.807, 2.05) is 0 Å². The summed E-state index contributed by atoms with van der Waals surface area (Å²) >= 11 is 0. The maximum Gasteiger partial charge on any atom is 0.335 e. The van der Waals surface area contributed by atoms with Gasteiger partial charge < -0.3 is 9.84 Å². The van der Waals surface area contributed by atoms with Gasteiger partial charge in [0, 0.05) is 0 Å². The van der Waals surface area contributed by atoms with Gasteiger partial charge in [-0.25, -0.2) is 4.79 Å². The van der Waals surface area contributed by atoms with E-state index in [1.165, 1.54) is 0 Å². The van der Waals surface area contributed by atoms with Gasteiger partial charge >= 0.3 is 5.97 Å². The van der Waals surface area contributed by atoms with E-state index in [-0.39, 0.29) is 0 Å². The molecule has 15 heavy (non-hydrogen) atoms. The van der Waals surface area contributed by atoms with Crippen molar-refractivity contribution in [3.8, 4) is 5.75 Å². The zero-order valence-electron chi connectivity index (χ0n) is 9.12. The van der Waals surface area contributed by atoms with E-state index < -0.39 is 5.97 Å². The van der Waals surface area contributed by atoms with Crippen LogP contribution in [0.15, 0.2) is 18.2 Å². The number of carboxylic acid groups (broad SMARTS) is 1. The summed E-state index contributed by atoms with van der Waals surface area (Å²) in [5.41, 5.74) is 1.29. The SMILES string of the molecule is CCCCc1cc(C(=O)O)ccc1OC. The van der Waals surface area contributed by atoms with E-state index in [4.69, 9.17) is 9.84 Å². The van der Waals surface area contributed by atoms with Crippen molar-refractivity contribution < 1.29 is 14.6 Å². The van der Waals surface area contributed by atoms with Crippen molar-refractivity contribution in [3.63, 3.8) is 0 Å². The average molecular weight is 208 g/mol. The Bertz CT molecular complexity index is 345. The van der Waals surface area contributed by atoms with E-state index in [0.717, 1.165) is 30.6 Å². The molecule has 1 N–H and O–H groups in total. The third kappa shape index (κ3) is 2.98. The van der Waals surface area contributed by atoms with Gasteiger partial charge in [0.1, 0.15) is 5.75 Å². The van der Waals surface area contributed by atoms with E-state index >= 15 is 0 Å². The Balaban J connectivity index is 2.96. The molecule has 0 aliphatic carbocycles. The summed E-state index contributed by atoms with van der Waals surface area (Å²) < 4.78 is 5.18. The molecule has 0 bridgehead atoms. The number of hydrogen-bond acceptors (Lipinski definition) is 2. The molecule has 0 atom stereocenters. The van der Waals surface area contributed by atoms with Gasteiger partial charge in [-0.3, -0.25) is 0 Å². The molecule has 1 rings (SSSR count). The standard InChI is InChI=1S/C12H16O3/c1-3-4-5-9-8-10(12(13)14)6-7-11(9)15-2/h6-8H,3-5H2,1-2H3,(H,13,14). The first-order valence-corrected chi connectivity index (χ1v) is 5.09. The highest BCUT2D eigenvalue weighted by Gasteiger charge is 2.08. The minimum absolute atomic E-state index is 0.321. The highest BCUT2D eigenvalue weighted by atomic mass is 16.5. The van der Waals surface area contributed by atoms with Gasteiger partial charge in [0.25, 0.3) is 0 Å². The molecule has 3 heteroatoms. The Morgan fingerprint density at radius 1 is 1.47 bits per heavy atom. The van der Waals surface area contributed by atoms with Crippen LogP contribution in [-0.4, -0.2) is 18.2 Å². The number of benzene rings is 1. The van der Waals surface area contributed by atoms with Crippen LogP contribution in [0.2, 0.25) is 0 Å². The predicted octanol–water partition coefficient (Wildman–Crippen LogP) is 2.74. The number of carbonyl (C=O) groups is 1. The molecule has 0 aliphatic heterocycles. The lowest BCUT2D eigenvalue weighted by molar-refractivity contribution is 0.0696. The van der Waals surface area contributed by atoms with Crippen molar-refractivity contribution in [2.24, 2.45) is 0 Å². The van der Waals surface area contributed by atoms with Crippen molar-refractivity contribution in [2.75, 3.05) is 7.11 Å². The van der Waals surface area contributed by atoms with Crippen LogP contribution in [0.5, 0.6) is 5.75 Å². The average Bonchev–Trinajstić information content (AvgIpc) is 2.25. The number of rotatable bonds is 5. The Kier molecular flexibility index (Phi) is 4.16. The quantitative estimate of drug-likeness (QED) is 0.809. The second-order valence-corrected chi connectivity index (χ2v) is 3.44. The molecule has 82 valence electrons. The lowest BCUT2D eigenvalue weighted by Crippen LogP contribution is -1.99. The third-order valence-electron chi connectivity index (χ3n) is 2.33. The van der Waals surface area contributed by atoms with Crippen LogP contribution >= 0.6 is 0 Å². The Morgan fingerprint density at radius 3 is 2.73 bits per heavy atom. The first-order valence-electron chi connectivity index (χ1n) is 5.09. The first kappa shape index (κ1) is 11.6. The van der Waals surface area contributed by atoms with Crippen LogP contribution in [0.25, 0.3) is 0 Å². The number of hydrogen-bond donors (Lipinski definition) is 1. The van der Waals surface area contributed by atoms with Gasteiger partial charge in [-0.2, -0.15) is 0 Å². The van der Waals surface area contributed by atoms with Crippen molar-refractivity contribution in [1.29, 1.82) is 0 Å². The summed E-state index contributed by atoms with van der Waals surface area (Å²) in [6.45, 7) is 2.10. The number of carboxylic acids is 1. The molecule has 0 unspecified atom stereocenters. The normalized spacial score (nSPS) is 10.0. The molecule has 0 fully saturated rings. The lowest BCUT2D eigenvalue weighted by Gasteiger charge is -2.08. The fraction of sp³-hybridized carbons (Fsp3) is 0.417. The van der Waals surface area contributed by atoms with E-state index in [9.17, 15) is 4.79 Å². The highest BCUT2D eigenvalue weighted by molar-refractivity contribution is 5.88. The summed E-state index contributed by atoms with van der Waals surface area (Å²) in [6.07, 6.45) is 2.99. The number of aryl methyl sites for hydroxylation is 1. The maximum atomic E-state index is 10.8. The molecule has 0 spiro atoms. The zero-order valence-corrected chi connectivity index (χ0v) is 9.12. The zero-order chi connectivity index (χ0) is 11.3. The summed E-state index contributed by atoms with van der Waals surface area (Å²) in [4.78, 5) is 10.8. The monoisotopic (exact) mass is 208 g/mol. The smallest absolute Gasteiger partial charge is 0.335 e. The summed E-state index contributed by atoms with van der Waals surface area (Å²) in [7, 11) is 1.60. The van der Waals surface area contributed by atoms with Gasteiger partial charge in [0.15, 0.2) is 0 Å². The minimum Gasteiger partial charge on any atom is -0.496 e. The Morgan fingerprint density at radius 2 is 2.20 bits per heavy atom. The Labute approximate surface area is 89.7 Å². The summed E-state index contributed by atoms with van der Waals surface area (Å²) in [5, 5.41) is 8.86. The fourth-order valence-corrected chi connectivity index (χ4v) is 1.47. The largest absolute Gasteiger partial charge is 0.496 e. The van der Waals surface area contributed by atoms with Gasteiger partial charge in [0.2, 0.25) is 0 Å². The predicted molar refractivity (Wildman–Crippen MR) is 58.6 cm³/mol. The Hall–Kier alpha value is -1.51. The van der Waals surface area contributed by atoms with E-state index in [0.29, 0.717) is 5.56 Å². The van der Waals surface area contributed by atoms with Crippen LogP contribution in [0, 0.1) is 0 Å². The van der Waals surface area contributed by atoms with Crippen LogP contribution in [0.3, 0.4) is 0 Å². The molecule has 0 aliphatic rings. The summed E-state index contributed by atoms with van der Waals surface area (Å²) in [6, 6.07) is 4.97. The van der Waals surface area contributed by atoms with Crippen LogP contribution in [-0.2, 0) is 6.42 Å². The molecular formula is C12H16O3. The third-order valence-corrected chi connectivity index (χ3v) is 2.33. The van der Waals surface area contributed by atoms with Gasteiger partial charge in [0.05, 0.1) is 12.7 Å². The molecule has 1 aromatic carbocycles. The second-order valence-electron chi connectivity index (χ2n) is 3.44. The second kappa shape index (κ2) is 5.39. The molecule has 0 saturated heterocycles. The molecule has 0 amide bonds. The van der Waals surface area contributed by atoms with Crippen molar-refractivity contribution in [2.45, 2.75) is 26.2 Å². The minimum atomic E-state index is -0.893. The summed E-state index contributed by atoms with van der Waals surface area (Å²) in [5.74, 6) is -0.121. The molecule has 0 aromatic heterocycles. The van der Waals surface area contributed by atoms with Gasteiger partial charge in [-0.1, -0.05) is 13.3 Å². The maximum absolute atomic E-state index is 10.8. The fourth-order valence-electron chi connectivity index (χ4n) is 1.47. The van der Waals surface area contributed by atoms with Gasteiger partial charge in [-0.15, -0.1) is 0 Å². The van der Waals surface area contributed by atoms with Crippen molar-refractivity contribution >= 4 is 5.97 Å². The number of ether oxygens (including phenoxy) is 1. The molecule has 1 aromatic rings. The van der Waals surface area contributed by atoms with Crippen LogP contribution < -0.4 is 4.74 Å². The van der Waals surface area contributed by atoms with Crippen molar-refractivity contribution in [1.82, 2.24) is 0 Å². The number of methoxy groups -OCH3 is 1. The van der Waals surface area contributed by atoms with Crippen LogP contribution in [0.4, 0.5) is 0 Å². The first-order chi connectivity index (χ1) is 7.19. The van der Waals surface area contributed by atoms with E-state index in [1.54, 1.807) is 25.3 Å². The molecule has 0 radical (unpaired) electrons. The van der Waals surface area contributed by atoms with E-state index in [2.05, 4.69) is 6.92 Å². The van der Waals surface area contributed by atoms with Crippen molar-refractivity contribution in [3.05, 3.63) is 29.3 Å². The molecular weight excluding hydrogens is 192 g/mol. The topological polar surface area (TPSA) is 46.5 Å². The molecule has 0 heterocycles. The lowest BCUT2D eigenvalue weighted by atomic mass is 10.0. The highest BCUT2D eigenvalue weighted by Crippen LogP contribution is 2.21. The van der Waals surface area contributed by atoms with Crippen LogP contribution in [0.1, 0.15) is 35.7 Å². The van der Waals surface area contributed by atoms with Gasteiger partial charge in [-0.05, 0) is 36.6 Å². The molecule has 3 nitrogen and oxygen atoms in total. The number of aromatic carboxylic acids is 1.